The van der Waals surface area contributed by atoms with Crippen LogP contribution in [-0.2, 0) is 11.2 Å². The average Bonchev–Trinajstić information content (AvgIpc) is 2.92. The van der Waals surface area contributed by atoms with Crippen LogP contribution in [-0.4, -0.2) is 5.78 Å². The van der Waals surface area contributed by atoms with E-state index in [-0.39, 0.29) is 0 Å². The molecule has 1 aromatic heterocycles. The first kappa shape index (κ1) is 14.8. The zero-order chi connectivity index (χ0) is 14.7. The van der Waals surface area contributed by atoms with Crippen LogP contribution in [0.3, 0.4) is 0 Å². The maximum atomic E-state index is 12.6. The standard InChI is InChI=1S/C19H24OS/c1-2-5-14-8-10-15(11-9-14)18(20)12-16-13-21-19-7-4-3-6-17(16)19/h3-4,6-7,13-15H,2,5,8-12H2,1H3. The minimum Gasteiger partial charge on any atom is -0.299 e. The summed E-state index contributed by atoms with van der Waals surface area (Å²) in [5.74, 6) is 1.66. The predicted octanol–water partition coefficient (Wildman–Crippen LogP) is 5.62. The zero-order valence-corrected chi connectivity index (χ0v) is 13.6. The highest BCUT2D eigenvalue weighted by atomic mass is 32.1. The van der Waals surface area contributed by atoms with Crippen LogP contribution in [0.1, 0.15) is 51.0 Å². The molecule has 0 atom stereocenters. The van der Waals surface area contributed by atoms with Gasteiger partial charge in [0.15, 0.2) is 0 Å². The molecule has 0 aliphatic heterocycles. The maximum absolute atomic E-state index is 12.6. The predicted molar refractivity (Wildman–Crippen MR) is 90.9 cm³/mol. The van der Waals surface area contributed by atoms with Gasteiger partial charge in [0.05, 0.1) is 0 Å². The van der Waals surface area contributed by atoms with E-state index in [4.69, 9.17) is 0 Å². The van der Waals surface area contributed by atoms with Crippen LogP contribution in [0.25, 0.3) is 10.1 Å². The van der Waals surface area contributed by atoms with Crippen LogP contribution >= 0.6 is 11.3 Å². The van der Waals surface area contributed by atoms with Gasteiger partial charge in [-0.3, -0.25) is 4.79 Å². The highest BCUT2D eigenvalue weighted by Gasteiger charge is 2.26. The summed E-state index contributed by atoms with van der Waals surface area (Å²) < 4.78 is 1.30. The summed E-state index contributed by atoms with van der Waals surface area (Å²) >= 11 is 1.76. The van der Waals surface area contributed by atoms with Crippen LogP contribution in [0, 0.1) is 11.8 Å². The monoisotopic (exact) mass is 300 g/mol. The van der Waals surface area contributed by atoms with E-state index in [1.54, 1.807) is 11.3 Å². The Hall–Kier alpha value is -1.15. The minimum atomic E-state index is 0.316. The summed E-state index contributed by atoms with van der Waals surface area (Å²) in [5.41, 5.74) is 1.23. The normalized spacial score (nSPS) is 22.5. The highest BCUT2D eigenvalue weighted by Crippen LogP contribution is 2.33. The highest BCUT2D eigenvalue weighted by molar-refractivity contribution is 7.17. The van der Waals surface area contributed by atoms with E-state index in [0.29, 0.717) is 18.1 Å². The summed E-state index contributed by atoms with van der Waals surface area (Å²) in [7, 11) is 0. The molecular weight excluding hydrogens is 276 g/mol. The van der Waals surface area contributed by atoms with Gasteiger partial charge in [0.1, 0.15) is 5.78 Å². The number of ketones is 1. The fraction of sp³-hybridized carbons (Fsp3) is 0.526. The molecule has 0 N–H and O–H groups in total. The minimum absolute atomic E-state index is 0.316. The Morgan fingerprint density at radius 3 is 2.71 bits per heavy atom. The molecule has 3 rings (SSSR count). The maximum Gasteiger partial charge on any atom is 0.140 e. The van der Waals surface area contributed by atoms with Crippen LogP contribution in [0.2, 0.25) is 0 Å². The SMILES string of the molecule is CCCC1CCC(C(=O)Cc2csc3ccccc23)CC1. The Bertz CT molecular complexity index is 605. The van der Waals surface area contributed by atoms with Gasteiger partial charge in [0.25, 0.3) is 0 Å². The summed E-state index contributed by atoms with van der Waals surface area (Å²) in [6.07, 6.45) is 8.01. The molecule has 1 saturated carbocycles. The molecule has 1 aromatic carbocycles. The van der Waals surface area contributed by atoms with Crippen LogP contribution in [0.5, 0.6) is 0 Å². The number of fused-ring (bicyclic) bond motifs is 1. The number of carbonyl (C=O) groups is 1. The van der Waals surface area contributed by atoms with Crippen molar-refractivity contribution in [1.29, 1.82) is 0 Å². The first-order valence-corrected chi connectivity index (χ1v) is 9.13. The van der Waals surface area contributed by atoms with Crippen molar-refractivity contribution < 1.29 is 4.79 Å². The molecule has 0 bridgehead atoms. The van der Waals surface area contributed by atoms with Crippen molar-refractivity contribution in [3.8, 4) is 0 Å². The molecule has 1 aliphatic carbocycles. The lowest BCUT2D eigenvalue weighted by Gasteiger charge is -2.27. The third kappa shape index (κ3) is 3.37. The van der Waals surface area contributed by atoms with Crippen LogP contribution in [0.15, 0.2) is 29.6 Å². The van der Waals surface area contributed by atoms with Gasteiger partial charge in [-0.15, -0.1) is 11.3 Å². The van der Waals surface area contributed by atoms with E-state index in [9.17, 15) is 4.79 Å². The third-order valence-corrected chi connectivity index (χ3v) is 5.94. The molecule has 1 nitrogen and oxygen atoms in total. The summed E-state index contributed by atoms with van der Waals surface area (Å²) in [6, 6.07) is 8.43. The molecule has 0 amide bonds. The average molecular weight is 300 g/mol. The molecule has 1 aliphatic rings. The van der Waals surface area contributed by atoms with E-state index in [2.05, 4.69) is 36.6 Å². The number of rotatable bonds is 5. The Labute approximate surface area is 131 Å². The first-order valence-electron chi connectivity index (χ1n) is 8.25. The summed E-state index contributed by atoms with van der Waals surface area (Å²) in [4.78, 5) is 12.6. The van der Waals surface area contributed by atoms with Crippen molar-refractivity contribution in [2.75, 3.05) is 0 Å². The van der Waals surface area contributed by atoms with Gasteiger partial charge in [-0.25, -0.2) is 0 Å². The lowest BCUT2D eigenvalue weighted by molar-refractivity contribution is -0.123. The van der Waals surface area contributed by atoms with Gasteiger partial charge < -0.3 is 0 Å². The molecule has 1 heterocycles. The van der Waals surface area contributed by atoms with Gasteiger partial charge in [-0.05, 0) is 54.0 Å². The molecule has 112 valence electrons. The lowest BCUT2D eigenvalue weighted by Crippen LogP contribution is -2.23. The van der Waals surface area contributed by atoms with Crippen molar-refractivity contribution in [2.24, 2.45) is 11.8 Å². The lowest BCUT2D eigenvalue weighted by atomic mass is 9.77. The quantitative estimate of drug-likeness (QED) is 0.700. The van der Waals surface area contributed by atoms with E-state index in [1.807, 2.05) is 0 Å². The molecule has 2 heteroatoms. The number of Topliss-reactive ketones (excluding diaryl/α,β-unsaturated/α-hetero) is 1. The Morgan fingerprint density at radius 1 is 1.19 bits per heavy atom. The second kappa shape index (κ2) is 6.74. The number of thiophene rings is 1. The summed E-state index contributed by atoms with van der Waals surface area (Å²) in [5, 5.41) is 3.45. The third-order valence-electron chi connectivity index (χ3n) is 4.92. The molecular formula is C19H24OS. The first-order chi connectivity index (χ1) is 10.3. The van der Waals surface area contributed by atoms with Crippen molar-refractivity contribution in [2.45, 2.75) is 51.9 Å². The number of hydrogen-bond acceptors (Lipinski definition) is 2. The summed E-state index contributed by atoms with van der Waals surface area (Å²) in [6.45, 7) is 2.26. The fourth-order valence-corrected chi connectivity index (χ4v) is 4.65. The Kier molecular flexibility index (Phi) is 4.74. The Morgan fingerprint density at radius 2 is 1.95 bits per heavy atom. The fourth-order valence-electron chi connectivity index (χ4n) is 3.68. The van der Waals surface area contributed by atoms with Gasteiger partial charge in [-0.1, -0.05) is 38.0 Å². The van der Waals surface area contributed by atoms with E-state index in [1.165, 1.54) is 41.3 Å². The topological polar surface area (TPSA) is 17.1 Å². The largest absolute Gasteiger partial charge is 0.299 e. The van der Waals surface area contributed by atoms with Crippen molar-refractivity contribution in [3.63, 3.8) is 0 Å². The van der Waals surface area contributed by atoms with Gasteiger partial charge in [0.2, 0.25) is 0 Å². The molecule has 2 aromatic rings. The molecule has 21 heavy (non-hydrogen) atoms. The molecule has 0 unspecified atom stereocenters. The van der Waals surface area contributed by atoms with Gasteiger partial charge in [-0.2, -0.15) is 0 Å². The molecule has 0 spiro atoms. The molecule has 1 fully saturated rings. The smallest absolute Gasteiger partial charge is 0.140 e. The van der Waals surface area contributed by atoms with Gasteiger partial charge >= 0.3 is 0 Å². The van der Waals surface area contributed by atoms with E-state index >= 15 is 0 Å². The molecule has 0 saturated heterocycles. The van der Waals surface area contributed by atoms with Crippen molar-refractivity contribution in [1.82, 2.24) is 0 Å². The molecule has 0 radical (unpaired) electrons. The number of benzene rings is 1. The van der Waals surface area contributed by atoms with Gasteiger partial charge in [0, 0.05) is 17.0 Å². The van der Waals surface area contributed by atoms with E-state index in [0.717, 1.165) is 18.8 Å². The van der Waals surface area contributed by atoms with Crippen molar-refractivity contribution in [3.05, 3.63) is 35.2 Å². The van der Waals surface area contributed by atoms with Crippen molar-refractivity contribution >= 4 is 27.2 Å². The second-order valence-electron chi connectivity index (χ2n) is 6.41. The Balaban J connectivity index is 1.62. The second-order valence-corrected chi connectivity index (χ2v) is 7.32. The van der Waals surface area contributed by atoms with Crippen LogP contribution in [0.4, 0.5) is 0 Å². The number of carbonyl (C=O) groups excluding carboxylic acids is 1. The van der Waals surface area contributed by atoms with Crippen LogP contribution < -0.4 is 0 Å². The van der Waals surface area contributed by atoms with E-state index < -0.39 is 0 Å². The number of hydrogen-bond donors (Lipinski definition) is 0. The zero-order valence-electron chi connectivity index (χ0n) is 12.8.